The number of hydrogen-bond acceptors (Lipinski definition) is 5. The monoisotopic (exact) mass is 333 g/mol. The van der Waals surface area contributed by atoms with E-state index in [0.717, 1.165) is 24.5 Å². The Morgan fingerprint density at radius 2 is 1.92 bits per heavy atom. The molecule has 7 heteroatoms. The highest BCUT2D eigenvalue weighted by Crippen LogP contribution is 2.28. The molecule has 0 N–H and O–H groups in total. The van der Waals surface area contributed by atoms with Crippen LogP contribution in [-0.2, 0) is 9.53 Å². The van der Waals surface area contributed by atoms with E-state index in [0.29, 0.717) is 39.2 Å². The van der Waals surface area contributed by atoms with E-state index in [4.69, 9.17) is 9.47 Å². The summed E-state index contributed by atoms with van der Waals surface area (Å²) in [6, 6.07) is 7.92. The molecule has 2 aliphatic rings. The molecule has 24 heavy (non-hydrogen) atoms. The Balaban J connectivity index is 1.49. The predicted octanol–water partition coefficient (Wildman–Crippen LogP) is 1.19. The van der Waals surface area contributed by atoms with Crippen molar-refractivity contribution in [3.8, 4) is 5.75 Å². The van der Waals surface area contributed by atoms with Crippen molar-refractivity contribution in [1.29, 1.82) is 0 Å². The number of carbonyl (C=O) groups is 2. The van der Waals surface area contributed by atoms with Gasteiger partial charge in [0, 0.05) is 39.1 Å². The van der Waals surface area contributed by atoms with Gasteiger partial charge in [0.2, 0.25) is 5.91 Å². The van der Waals surface area contributed by atoms with E-state index in [-0.39, 0.29) is 12.0 Å². The molecule has 0 aliphatic carbocycles. The fourth-order valence-electron chi connectivity index (χ4n) is 3.11. The molecule has 0 saturated carbocycles. The Labute approximate surface area is 141 Å². The summed E-state index contributed by atoms with van der Waals surface area (Å²) in [4.78, 5) is 29.4. The minimum Gasteiger partial charge on any atom is -0.495 e. The zero-order valence-electron chi connectivity index (χ0n) is 13.9. The normalized spacial score (nSPS) is 17.9. The molecule has 0 radical (unpaired) electrons. The number of piperazine rings is 1. The van der Waals surface area contributed by atoms with E-state index >= 15 is 0 Å². The van der Waals surface area contributed by atoms with Crippen LogP contribution < -0.4 is 9.64 Å². The number of carbonyl (C=O) groups excluding carboxylic acids is 2. The van der Waals surface area contributed by atoms with E-state index in [1.54, 1.807) is 12.0 Å². The number of hydrogen-bond donors (Lipinski definition) is 0. The third kappa shape index (κ3) is 3.55. The second kappa shape index (κ2) is 7.42. The average molecular weight is 333 g/mol. The SMILES string of the molecule is COc1ccccc1N1CCN(C(=O)CCN2CCOC2=O)CC1. The Morgan fingerprint density at radius 3 is 2.58 bits per heavy atom. The molecule has 1 aromatic rings. The molecule has 0 bridgehead atoms. The van der Waals surface area contributed by atoms with Crippen LogP contribution in [0.25, 0.3) is 0 Å². The topological polar surface area (TPSA) is 62.3 Å². The van der Waals surface area contributed by atoms with Gasteiger partial charge in [0.05, 0.1) is 19.3 Å². The fourth-order valence-corrected chi connectivity index (χ4v) is 3.11. The van der Waals surface area contributed by atoms with Crippen molar-refractivity contribution in [2.24, 2.45) is 0 Å². The van der Waals surface area contributed by atoms with Crippen molar-refractivity contribution in [3.05, 3.63) is 24.3 Å². The van der Waals surface area contributed by atoms with E-state index in [1.165, 1.54) is 0 Å². The van der Waals surface area contributed by atoms with Crippen LogP contribution in [0.4, 0.5) is 10.5 Å². The van der Waals surface area contributed by atoms with Crippen molar-refractivity contribution < 1.29 is 19.1 Å². The van der Waals surface area contributed by atoms with Crippen LogP contribution in [0, 0.1) is 0 Å². The second-order valence-electron chi connectivity index (χ2n) is 5.89. The first-order chi connectivity index (χ1) is 11.7. The maximum atomic E-state index is 12.3. The van der Waals surface area contributed by atoms with Gasteiger partial charge in [0.25, 0.3) is 0 Å². The van der Waals surface area contributed by atoms with Crippen molar-refractivity contribution in [3.63, 3.8) is 0 Å². The van der Waals surface area contributed by atoms with Gasteiger partial charge in [-0.05, 0) is 12.1 Å². The number of amides is 2. The van der Waals surface area contributed by atoms with Gasteiger partial charge in [-0.25, -0.2) is 4.79 Å². The number of rotatable bonds is 5. The zero-order valence-corrected chi connectivity index (χ0v) is 13.9. The van der Waals surface area contributed by atoms with Gasteiger partial charge in [-0.3, -0.25) is 4.79 Å². The van der Waals surface area contributed by atoms with Gasteiger partial charge >= 0.3 is 6.09 Å². The highest BCUT2D eigenvalue weighted by atomic mass is 16.6. The van der Waals surface area contributed by atoms with E-state index in [9.17, 15) is 9.59 Å². The van der Waals surface area contributed by atoms with Crippen molar-refractivity contribution >= 4 is 17.7 Å². The van der Waals surface area contributed by atoms with E-state index in [1.807, 2.05) is 29.2 Å². The molecule has 1 aromatic carbocycles. The van der Waals surface area contributed by atoms with E-state index < -0.39 is 0 Å². The third-order valence-electron chi connectivity index (χ3n) is 4.50. The number of cyclic esters (lactones) is 1. The highest BCUT2D eigenvalue weighted by Gasteiger charge is 2.26. The Morgan fingerprint density at radius 1 is 1.17 bits per heavy atom. The Kier molecular flexibility index (Phi) is 5.08. The number of para-hydroxylation sites is 2. The van der Waals surface area contributed by atoms with Crippen LogP contribution in [0.3, 0.4) is 0 Å². The summed E-state index contributed by atoms with van der Waals surface area (Å²) in [5.41, 5.74) is 1.06. The van der Waals surface area contributed by atoms with Crippen LogP contribution in [0.5, 0.6) is 5.75 Å². The van der Waals surface area contributed by atoms with Gasteiger partial charge in [-0.2, -0.15) is 0 Å². The molecule has 3 rings (SSSR count). The fraction of sp³-hybridized carbons (Fsp3) is 0.529. The van der Waals surface area contributed by atoms with Crippen molar-refractivity contribution in [1.82, 2.24) is 9.80 Å². The number of benzene rings is 1. The van der Waals surface area contributed by atoms with Crippen LogP contribution in [-0.4, -0.2) is 74.8 Å². The highest BCUT2D eigenvalue weighted by molar-refractivity contribution is 5.78. The van der Waals surface area contributed by atoms with Gasteiger partial charge < -0.3 is 24.2 Å². The molecule has 2 heterocycles. The van der Waals surface area contributed by atoms with Gasteiger partial charge in [0.1, 0.15) is 12.4 Å². The molecule has 2 fully saturated rings. The lowest BCUT2D eigenvalue weighted by atomic mass is 10.2. The molecular formula is C17H23N3O4. The minimum absolute atomic E-state index is 0.0920. The molecule has 7 nitrogen and oxygen atoms in total. The van der Waals surface area contributed by atoms with Crippen molar-refractivity contribution in [2.75, 3.05) is 57.9 Å². The largest absolute Gasteiger partial charge is 0.495 e. The summed E-state index contributed by atoms with van der Waals surface area (Å²) in [6.07, 6.45) is 0.0350. The van der Waals surface area contributed by atoms with Crippen LogP contribution >= 0.6 is 0 Å². The summed E-state index contributed by atoms with van der Waals surface area (Å²) in [6.45, 7) is 4.35. The van der Waals surface area contributed by atoms with Crippen molar-refractivity contribution in [2.45, 2.75) is 6.42 Å². The lowest BCUT2D eigenvalue weighted by Crippen LogP contribution is -2.49. The summed E-state index contributed by atoms with van der Waals surface area (Å²) in [5.74, 6) is 0.944. The number of nitrogens with zero attached hydrogens (tertiary/aromatic N) is 3. The molecule has 2 aliphatic heterocycles. The molecule has 0 unspecified atom stereocenters. The Bertz CT molecular complexity index is 599. The first-order valence-corrected chi connectivity index (χ1v) is 8.26. The lowest BCUT2D eigenvalue weighted by molar-refractivity contribution is -0.131. The average Bonchev–Trinajstić information content (AvgIpc) is 3.04. The van der Waals surface area contributed by atoms with Crippen LogP contribution in [0.2, 0.25) is 0 Å². The van der Waals surface area contributed by atoms with Gasteiger partial charge in [-0.1, -0.05) is 12.1 Å². The maximum Gasteiger partial charge on any atom is 0.409 e. The maximum absolute atomic E-state index is 12.3. The number of ether oxygens (including phenoxy) is 2. The summed E-state index contributed by atoms with van der Waals surface area (Å²) >= 11 is 0. The molecule has 2 saturated heterocycles. The molecule has 0 aromatic heterocycles. The zero-order chi connectivity index (χ0) is 16.9. The minimum atomic E-state index is -0.316. The molecule has 0 atom stereocenters. The molecule has 0 spiro atoms. The molecular weight excluding hydrogens is 310 g/mol. The smallest absolute Gasteiger partial charge is 0.409 e. The standard InChI is InChI=1S/C17H23N3O4/c1-23-15-5-3-2-4-14(15)18-8-10-19(11-9-18)16(21)6-7-20-12-13-24-17(20)22/h2-5H,6-13H2,1H3. The summed E-state index contributed by atoms with van der Waals surface area (Å²) in [7, 11) is 1.67. The first-order valence-electron chi connectivity index (χ1n) is 8.26. The molecule has 2 amide bonds. The lowest BCUT2D eigenvalue weighted by Gasteiger charge is -2.36. The second-order valence-corrected chi connectivity index (χ2v) is 5.89. The Hall–Kier alpha value is -2.44. The quantitative estimate of drug-likeness (QED) is 0.810. The predicted molar refractivity (Wildman–Crippen MR) is 89.3 cm³/mol. The van der Waals surface area contributed by atoms with Gasteiger partial charge in [0.15, 0.2) is 0 Å². The number of anilines is 1. The first kappa shape index (κ1) is 16.4. The molecule has 130 valence electrons. The van der Waals surface area contributed by atoms with Crippen LogP contribution in [0.1, 0.15) is 6.42 Å². The summed E-state index contributed by atoms with van der Waals surface area (Å²) < 4.78 is 10.3. The van der Waals surface area contributed by atoms with Gasteiger partial charge in [-0.15, -0.1) is 0 Å². The third-order valence-corrected chi connectivity index (χ3v) is 4.50. The number of methoxy groups -OCH3 is 1. The summed E-state index contributed by atoms with van der Waals surface area (Å²) in [5, 5.41) is 0. The van der Waals surface area contributed by atoms with Crippen LogP contribution in [0.15, 0.2) is 24.3 Å². The van der Waals surface area contributed by atoms with E-state index in [2.05, 4.69) is 4.90 Å².